The molecule has 94 valence electrons. The lowest BCUT2D eigenvalue weighted by Crippen LogP contribution is -2.40. The Kier molecular flexibility index (Phi) is 5.54. The van der Waals surface area contributed by atoms with Crippen molar-refractivity contribution in [3.05, 3.63) is 0 Å². The van der Waals surface area contributed by atoms with Crippen molar-refractivity contribution in [2.24, 2.45) is 5.92 Å². The molecule has 0 radical (unpaired) electrons. The molecule has 0 N–H and O–H groups in total. The predicted molar refractivity (Wildman–Crippen MR) is 74.8 cm³/mol. The average Bonchev–Trinajstić information content (AvgIpc) is 2.76. The minimum Gasteiger partial charge on any atom is -0.458 e. The molecule has 16 heavy (non-hydrogen) atoms. The molecule has 1 saturated carbocycles. The summed E-state index contributed by atoms with van der Waals surface area (Å²) in [6.45, 7) is 6.43. The molecule has 2 nitrogen and oxygen atoms in total. The number of hydrogen-bond donors (Lipinski definition) is 0. The first-order chi connectivity index (χ1) is 7.55. The van der Waals surface area contributed by atoms with Crippen LogP contribution in [-0.4, -0.2) is 15.5 Å². The van der Waals surface area contributed by atoms with Gasteiger partial charge in [-0.05, 0) is 44.4 Å². The smallest absolute Gasteiger partial charge is 0.319 e. The molecule has 3 heteroatoms. The molecule has 0 heterocycles. The van der Waals surface area contributed by atoms with Crippen LogP contribution in [0.15, 0.2) is 0 Å². The Morgan fingerprint density at radius 3 is 2.31 bits per heavy atom. The lowest BCUT2D eigenvalue weighted by atomic mass is 9.85. The molecule has 0 aromatic rings. The molecular weight excluding hydrogens is 315 g/mol. The molecule has 1 aliphatic carbocycles. The number of carbonyl (C=O) groups excluding carboxylic acids is 1. The van der Waals surface area contributed by atoms with E-state index >= 15 is 0 Å². The van der Waals surface area contributed by atoms with Gasteiger partial charge in [0.25, 0.3) is 0 Å². The second kappa shape index (κ2) is 6.22. The third kappa shape index (κ3) is 3.11. The minimum atomic E-state index is -0.148. The average molecular weight is 338 g/mol. The molecule has 1 aliphatic rings. The fourth-order valence-corrected chi connectivity index (χ4v) is 2.60. The van der Waals surface area contributed by atoms with Crippen molar-refractivity contribution in [2.75, 3.05) is 0 Å². The Bertz CT molecular complexity index is 234. The molecular formula is C13H23IO2. The van der Waals surface area contributed by atoms with Gasteiger partial charge in [-0.3, -0.25) is 4.79 Å². The summed E-state index contributed by atoms with van der Waals surface area (Å²) < 4.78 is 5.87. The van der Waals surface area contributed by atoms with Crippen molar-refractivity contribution < 1.29 is 9.53 Å². The Hall–Kier alpha value is 0.200. The summed E-state index contributed by atoms with van der Waals surface area (Å²) in [5.74, 6) is 0.477. The molecule has 0 saturated heterocycles. The monoisotopic (exact) mass is 338 g/mol. The quantitative estimate of drug-likeness (QED) is 0.429. The Morgan fingerprint density at radius 1 is 1.31 bits per heavy atom. The van der Waals surface area contributed by atoms with E-state index in [0.29, 0.717) is 5.92 Å². The van der Waals surface area contributed by atoms with Gasteiger partial charge in [-0.2, -0.15) is 0 Å². The van der Waals surface area contributed by atoms with E-state index in [9.17, 15) is 4.79 Å². The largest absolute Gasteiger partial charge is 0.458 e. The maximum Gasteiger partial charge on any atom is 0.319 e. The van der Waals surface area contributed by atoms with Crippen molar-refractivity contribution >= 4 is 28.6 Å². The SMILES string of the molecule is CCC(I)C(=O)OC1(C(C)CC)CCCC1. The molecule has 0 aromatic carbocycles. The van der Waals surface area contributed by atoms with Crippen LogP contribution >= 0.6 is 22.6 Å². The minimum absolute atomic E-state index is 0.00898. The number of esters is 1. The van der Waals surface area contributed by atoms with Gasteiger partial charge in [-0.25, -0.2) is 0 Å². The number of halogens is 1. The highest BCUT2D eigenvalue weighted by Crippen LogP contribution is 2.41. The maximum absolute atomic E-state index is 11.9. The van der Waals surface area contributed by atoms with Crippen molar-refractivity contribution in [3.8, 4) is 0 Å². The number of alkyl halides is 1. The molecule has 0 spiro atoms. The zero-order chi connectivity index (χ0) is 12.2. The highest BCUT2D eigenvalue weighted by Gasteiger charge is 2.42. The molecule has 2 unspecified atom stereocenters. The van der Waals surface area contributed by atoms with E-state index in [1.54, 1.807) is 0 Å². The second-order valence-electron chi connectivity index (χ2n) is 4.88. The third-order valence-corrected chi connectivity index (χ3v) is 5.27. The van der Waals surface area contributed by atoms with Crippen LogP contribution in [0.4, 0.5) is 0 Å². The summed E-state index contributed by atoms with van der Waals surface area (Å²) in [5.41, 5.74) is -0.148. The summed E-state index contributed by atoms with van der Waals surface area (Å²) in [6.07, 6.45) is 6.47. The second-order valence-corrected chi connectivity index (χ2v) is 6.38. The van der Waals surface area contributed by atoms with Crippen LogP contribution in [0.1, 0.15) is 59.3 Å². The van der Waals surface area contributed by atoms with Gasteiger partial charge in [-0.1, -0.05) is 43.4 Å². The Balaban J connectivity index is 2.68. The van der Waals surface area contributed by atoms with E-state index in [-0.39, 0.29) is 15.5 Å². The van der Waals surface area contributed by atoms with Crippen LogP contribution in [0.3, 0.4) is 0 Å². The van der Waals surface area contributed by atoms with Gasteiger partial charge in [0.15, 0.2) is 0 Å². The molecule has 0 amide bonds. The fraction of sp³-hybridized carbons (Fsp3) is 0.923. The maximum atomic E-state index is 11.9. The topological polar surface area (TPSA) is 26.3 Å². The van der Waals surface area contributed by atoms with Gasteiger partial charge in [0.2, 0.25) is 0 Å². The van der Waals surface area contributed by atoms with E-state index in [1.807, 2.05) is 6.92 Å². The number of carbonyl (C=O) groups is 1. The van der Waals surface area contributed by atoms with Gasteiger partial charge in [0, 0.05) is 0 Å². The first-order valence-corrected chi connectivity index (χ1v) is 7.67. The lowest BCUT2D eigenvalue weighted by Gasteiger charge is -2.35. The molecule has 0 bridgehead atoms. The van der Waals surface area contributed by atoms with Gasteiger partial charge >= 0.3 is 5.97 Å². The zero-order valence-electron chi connectivity index (χ0n) is 10.6. The standard InChI is InChI=1S/C13H23IO2/c1-4-10(3)13(8-6-7-9-13)16-12(15)11(14)5-2/h10-11H,4-9H2,1-3H3. The van der Waals surface area contributed by atoms with Crippen molar-refractivity contribution in [1.29, 1.82) is 0 Å². The number of rotatable bonds is 5. The predicted octanol–water partition coefficient (Wildman–Crippen LogP) is 4.10. The molecule has 1 fully saturated rings. The number of ether oxygens (including phenoxy) is 1. The molecule has 0 aliphatic heterocycles. The highest BCUT2D eigenvalue weighted by atomic mass is 127. The van der Waals surface area contributed by atoms with Crippen LogP contribution < -0.4 is 0 Å². The fourth-order valence-electron chi connectivity index (χ4n) is 2.47. The van der Waals surface area contributed by atoms with Crippen molar-refractivity contribution in [2.45, 2.75) is 68.8 Å². The third-order valence-electron chi connectivity index (χ3n) is 3.88. The van der Waals surface area contributed by atoms with E-state index < -0.39 is 0 Å². The summed E-state index contributed by atoms with van der Waals surface area (Å²) in [5, 5.41) is 0. The van der Waals surface area contributed by atoms with Crippen molar-refractivity contribution in [1.82, 2.24) is 0 Å². The van der Waals surface area contributed by atoms with Crippen LogP contribution in [-0.2, 0) is 9.53 Å². The van der Waals surface area contributed by atoms with Crippen LogP contribution in [0.25, 0.3) is 0 Å². The van der Waals surface area contributed by atoms with Crippen molar-refractivity contribution in [3.63, 3.8) is 0 Å². The van der Waals surface area contributed by atoms with Crippen LogP contribution in [0.2, 0.25) is 0 Å². The summed E-state index contributed by atoms with van der Waals surface area (Å²) >= 11 is 2.19. The van der Waals surface area contributed by atoms with E-state index in [4.69, 9.17) is 4.74 Å². The van der Waals surface area contributed by atoms with Gasteiger partial charge < -0.3 is 4.74 Å². The lowest BCUT2D eigenvalue weighted by molar-refractivity contribution is -0.164. The Morgan fingerprint density at radius 2 is 1.88 bits per heavy atom. The highest BCUT2D eigenvalue weighted by molar-refractivity contribution is 14.1. The normalized spacial score (nSPS) is 22.8. The van der Waals surface area contributed by atoms with E-state index in [0.717, 1.165) is 25.7 Å². The zero-order valence-corrected chi connectivity index (χ0v) is 12.7. The first kappa shape index (κ1) is 14.3. The molecule has 2 atom stereocenters. The number of hydrogen-bond acceptors (Lipinski definition) is 2. The first-order valence-electron chi connectivity index (χ1n) is 6.42. The van der Waals surface area contributed by atoms with Crippen LogP contribution in [0, 0.1) is 5.92 Å². The van der Waals surface area contributed by atoms with Crippen LogP contribution in [0.5, 0.6) is 0 Å². The molecule has 1 rings (SSSR count). The summed E-state index contributed by atoms with van der Waals surface area (Å²) in [7, 11) is 0. The Labute approximate surface area is 113 Å². The summed E-state index contributed by atoms with van der Waals surface area (Å²) in [4.78, 5) is 11.9. The van der Waals surface area contributed by atoms with E-state index in [2.05, 4.69) is 36.4 Å². The van der Waals surface area contributed by atoms with E-state index in [1.165, 1.54) is 12.8 Å². The summed E-state index contributed by atoms with van der Waals surface area (Å²) in [6, 6.07) is 0. The van der Waals surface area contributed by atoms with Gasteiger partial charge in [-0.15, -0.1) is 0 Å². The van der Waals surface area contributed by atoms with Gasteiger partial charge in [0.05, 0.1) is 0 Å². The van der Waals surface area contributed by atoms with Gasteiger partial charge in [0.1, 0.15) is 9.53 Å². The molecule has 0 aromatic heterocycles.